The summed E-state index contributed by atoms with van der Waals surface area (Å²) in [5.74, 6) is -2.45. The molecule has 2 fully saturated rings. The van der Waals surface area contributed by atoms with Crippen LogP contribution in [0.25, 0.3) is 0 Å². The normalized spacial score (nSPS) is 33.0. The molecule has 0 amide bonds. The summed E-state index contributed by atoms with van der Waals surface area (Å²) in [6, 6.07) is 0.898. The van der Waals surface area contributed by atoms with E-state index in [4.69, 9.17) is 0 Å². The molecule has 1 atom stereocenters. The molecule has 4 heteroatoms. The highest BCUT2D eigenvalue weighted by atomic mass is 19.3. The van der Waals surface area contributed by atoms with Crippen LogP contribution in [-0.2, 0) is 0 Å². The van der Waals surface area contributed by atoms with Crippen LogP contribution in [0.3, 0.4) is 0 Å². The lowest BCUT2D eigenvalue weighted by molar-refractivity contribution is -0.101. The van der Waals surface area contributed by atoms with Gasteiger partial charge in [-0.2, -0.15) is 0 Å². The molecule has 0 aliphatic carbocycles. The molecule has 0 aromatic heterocycles. The molecule has 2 aliphatic rings. The first-order valence-corrected chi connectivity index (χ1v) is 5.84. The summed E-state index contributed by atoms with van der Waals surface area (Å²) in [6.45, 7) is 7.03. The van der Waals surface area contributed by atoms with Gasteiger partial charge >= 0.3 is 0 Å². The topological polar surface area (TPSA) is 6.48 Å². The lowest BCUT2D eigenvalue weighted by atomic mass is 9.96. The monoisotopic (exact) mass is 218 g/mol. The van der Waals surface area contributed by atoms with Crippen molar-refractivity contribution in [2.75, 3.05) is 26.2 Å². The Hall–Kier alpha value is -0.220. The Kier molecular flexibility index (Phi) is 2.99. The van der Waals surface area contributed by atoms with Crippen LogP contribution in [0.15, 0.2) is 0 Å². The summed E-state index contributed by atoms with van der Waals surface area (Å²) < 4.78 is 26.4. The van der Waals surface area contributed by atoms with Crippen molar-refractivity contribution in [3.8, 4) is 0 Å². The Bertz CT molecular complexity index is 231. The molecule has 2 heterocycles. The molecule has 2 saturated heterocycles. The summed E-state index contributed by atoms with van der Waals surface area (Å²) >= 11 is 0. The predicted molar refractivity (Wildman–Crippen MR) is 56.3 cm³/mol. The average molecular weight is 218 g/mol. The van der Waals surface area contributed by atoms with Crippen molar-refractivity contribution < 1.29 is 8.78 Å². The molecule has 2 rings (SSSR count). The number of piperidine rings is 1. The molecular formula is C11H20F2N2. The van der Waals surface area contributed by atoms with Gasteiger partial charge in [0, 0.05) is 38.1 Å². The summed E-state index contributed by atoms with van der Waals surface area (Å²) in [5.41, 5.74) is 0. The van der Waals surface area contributed by atoms with Crippen molar-refractivity contribution in [2.24, 2.45) is 0 Å². The number of halogens is 2. The van der Waals surface area contributed by atoms with Gasteiger partial charge in [0.2, 0.25) is 0 Å². The van der Waals surface area contributed by atoms with E-state index in [9.17, 15) is 8.78 Å². The number of piperazine rings is 1. The number of nitrogens with zero attached hydrogens (tertiary/aromatic N) is 2. The largest absolute Gasteiger partial charge is 0.298 e. The van der Waals surface area contributed by atoms with Crippen LogP contribution in [0, 0.1) is 0 Å². The van der Waals surface area contributed by atoms with Gasteiger partial charge in [-0.1, -0.05) is 0 Å². The smallest absolute Gasteiger partial charge is 0.260 e. The van der Waals surface area contributed by atoms with Crippen molar-refractivity contribution in [1.29, 1.82) is 0 Å². The van der Waals surface area contributed by atoms with Crippen molar-refractivity contribution >= 4 is 0 Å². The zero-order valence-electron chi connectivity index (χ0n) is 9.55. The van der Waals surface area contributed by atoms with Crippen LogP contribution in [0.2, 0.25) is 0 Å². The van der Waals surface area contributed by atoms with E-state index in [2.05, 4.69) is 18.7 Å². The predicted octanol–water partition coefficient (Wildman–Crippen LogP) is 1.81. The zero-order valence-corrected chi connectivity index (χ0v) is 9.55. The van der Waals surface area contributed by atoms with Crippen LogP contribution >= 0.6 is 0 Å². The molecule has 2 nitrogen and oxygen atoms in total. The molecule has 0 radical (unpaired) electrons. The van der Waals surface area contributed by atoms with Gasteiger partial charge in [-0.25, -0.2) is 8.78 Å². The van der Waals surface area contributed by atoms with E-state index in [0.29, 0.717) is 18.5 Å². The van der Waals surface area contributed by atoms with Gasteiger partial charge < -0.3 is 0 Å². The highest BCUT2D eigenvalue weighted by Crippen LogP contribution is 2.32. The molecule has 88 valence electrons. The number of hydrogen-bond acceptors (Lipinski definition) is 2. The average Bonchev–Trinajstić information content (AvgIpc) is 2.15. The van der Waals surface area contributed by atoms with Gasteiger partial charge in [-0.15, -0.1) is 0 Å². The third-order valence-corrected chi connectivity index (χ3v) is 3.64. The number of fused-ring (bicyclic) bond motifs is 1. The summed E-state index contributed by atoms with van der Waals surface area (Å²) in [4.78, 5) is 4.37. The van der Waals surface area contributed by atoms with E-state index < -0.39 is 5.92 Å². The minimum Gasteiger partial charge on any atom is -0.298 e. The second-order valence-corrected chi connectivity index (χ2v) is 5.11. The fourth-order valence-corrected chi connectivity index (χ4v) is 2.62. The third-order valence-electron chi connectivity index (χ3n) is 3.64. The van der Waals surface area contributed by atoms with E-state index in [1.54, 1.807) is 0 Å². The SMILES string of the molecule is CC(C)N1CCN2CC(F)(F)CCC2C1. The van der Waals surface area contributed by atoms with Crippen LogP contribution in [0.5, 0.6) is 0 Å². The van der Waals surface area contributed by atoms with E-state index in [-0.39, 0.29) is 13.0 Å². The summed E-state index contributed by atoms with van der Waals surface area (Å²) in [5, 5.41) is 0. The van der Waals surface area contributed by atoms with Crippen molar-refractivity contribution in [3.63, 3.8) is 0 Å². The van der Waals surface area contributed by atoms with Crippen LogP contribution in [0.1, 0.15) is 26.7 Å². The van der Waals surface area contributed by atoms with Crippen LogP contribution in [-0.4, -0.2) is 54.0 Å². The van der Waals surface area contributed by atoms with Gasteiger partial charge in [0.05, 0.1) is 6.54 Å². The molecule has 0 saturated carbocycles. The number of hydrogen-bond donors (Lipinski definition) is 0. The maximum Gasteiger partial charge on any atom is 0.260 e. The number of alkyl halides is 2. The Morgan fingerprint density at radius 2 is 2.00 bits per heavy atom. The quantitative estimate of drug-likeness (QED) is 0.662. The van der Waals surface area contributed by atoms with E-state index in [1.165, 1.54) is 0 Å². The van der Waals surface area contributed by atoms with E-state index >= 15 is 0 Å². The molecule has 0 aromatic carbocycles. The van der Waals surface area contributed by atoms with Crippen molar-refractivity contribution in [3.05, 3.63) is 0 Å². The fraction of sp³-hybridized carbons (Fsp3) is 1.00. The number of rotatable bonds is 1. The van der Waals surface area contributed by atoms with E-state index in [0.717, 1.165) is 19.6 Å². The maximum absolute atomic E-state index is 13.2. The Morgan fingerprint density at radius 1 is 1.27 bits per heavy atom. The molecule has 1 unspecified atom stereocenters. The molecule has 2 aliphatic heterocycles. The minimum absolute atomic E-state index is 0.0242. The van der Waals surface area contributed by atoms with Gasteiger partial charge in [0.1, 0.15) is 0 Å². The maximum atomic E-state index is 13.2. The molecule has 0 bridgehead atoms. The summed E-state index contributed by atoms with van der Waals surface area (Å²) in [6.07, 6.45) is 0.719. The van der Waals surface area contributed by atoms with Crippen molar-refractivity contribution in [2.45, 2.75) is 44.7 Å². The zero-order chi connectivity index (χ0) is 11.1. The van der Waals surface area contributed by atoms with Gasteiger partial charge in [-0.05, 0) is 20.3 Å². The standard InChI is InChI=1S/C11H20F2N2/c1-9(2)14-5-6-15-8-11(12,13)4-3-10(15)7-14/h9-10H,3-8H2,1-2H3. The molecule has 0 N–H and O–H groups in total. The first-order valence-electron chi connectivity index (χ1n) is 5.84. The molecule has 0 spiro atoms. The van der Waals surface area contributed by atoms with Crippen molar-refractivity contribution in [1.82, 2.24) is 9.80 Å². The third kappa shape index (κ3) is 2.48. The first kappa shape index (κ1) is 11.3. The minimum atomic E-state index is -2.45. The second-order valence-electron chi connectivity index (χ2n) is 5.11. The second kappa shape index (κ2) is 3.98. The summed E-state index contributed by atoms with van der Waals surface area (Å²) in [7, 11) is 0. The lowest BCUT2D eigenvalue weighted by Crippen LogP contribution is -2.59. The Labute approximate surface area is 90.2 Å². The van der Waals surface area contributed by atoms with Crippen LogP contribution in [0.4, 0.5) is 8.78 Å². The highest BCUT2D eigenvalue weighted by Gasteiger charge is 2.42. The molecule has 15 heavy (non-hydrogen) atoms. The Morgan fingerprint density at radius 3 is 2.67 bits per heavy atom. The highest BCUT2D eigenvalue weighted by molar-refractivity contribution is 4.91. The molecular weight excluding hydrogens is 198 g/mol. The van der Waals surface area contributed by atoms with Gasteiger partial charge in [0.15, 0.2) is 0 Å². The fourth-order valence-electron chi connectivity index (χ4n) is 2.62. The molecule has 0 aromatic rings. The van der Waals surface area contributed by atoms with Gasteiger partial charge in [-0.3, -0.25) is 9.80 Å². The van der Waals surface area contributed by atoms with E-state index in [1.807, 2.05) is 4.90 Å². The Balaban J connectivity index is 1.95. The van der Waals surface area contributed by atoms with Crippen LogP contribution < -0.4 is 0 Å². The first-order chi connectivity index (χ1) is 6.98. The lowest BCUT2D eigenvalue weighted by Gasteiger charge is -2.47. The van der Waals surface area contributed by atoms with Gasteiger partial charge in [0.25, 0.3) is 5.92 Å².